The first kappa shape index (κ1) is 32.3. The second-order valence-corrected chi connectivity index (χ2v) is 12.0. The number of piperidine rings is 1. The lowest BCUT2D eigenvalue weighted by molar-refractivity contribution is 0.0911. The molecule has 3 aromatic heterocycles. The lowest BCUT2D eigenvalue weighted by Gasteiger charge is -2.29. The van der Waals surface area contributed by atoms with Crippen LogP contribution in [0.3, 0.4) is 0 Å². The number of carbonyl (C=O) groups excluding carboxylic acids is 2. The van der Waals surface area contributed by atoms with Gasteiger partial charge in [0, 0.05) is 35.6 Å². The Labute approximate surface area is 274 Å². The van der Waals surface area contributed by atoms with Crippen molar-refractivity contribution in [3.05, 3.63) is 117 Å². The van der Waals surface area contributed by atoms with Gasteiger partial charge < -0.3 is 20.3 Å². The van der Waals surface area contributed by atoms with Gasteiger partial charge in [-0.1, -0.05) is 0 Å². The smallest absolute Gasteiger partial charge is 0.335 e. The standard InChI is InChI=1S/C35H34FN7O5/c1-21(2)42-20-28(34(46)43(35(42)47)25-8-4-22(36)5-9-25)32(44)39-23-6-10-26(11-7-23)48-31-12-15-37-30-19-38-29(18-27(30)31)33(45)40-24-13-16-41(3)17-14-24/h4-12,15,18-21,24H,13-14,16-17H2,1-3H3,(H,39,44)(H,40,45). The van der Waals surface area contributed by atoms with E-state index in [0.717, 1.165) is 42.6 Å². The van der Waals surface area contributed by atoms with Crippen LogP contribution >= 0.6 is 0 Å². The Bertz CT molecular complexity index is 2100. The van der Waals surface area contributed by atoms with Gasteiger partial charge in [0.1, 0.15) is 28.6 Å². The lowest BCUT2D eigenvalue weighted by atomic mass is 10.1. The summed E-state index contributed by atoms with van der Waals surface area (Å²) in [4.78, 5) is 63.7. The fourth-order valence-corrected chi connectivity index (χ4v) is 5.50. The van der Waals surface area contributed by atoms with Crippen molar-refractivity contribution < 1.29 is 18.7 Å². The largest absolute Gasteiger partial charge is 0.457 e. The number of amides is 2. The molecule has 2 amide bonds. The number of ether oxygens (including phenoxy) is 1. The monoisotopic (exact) mass is 651 g/mol. The van der Waals surface area contributed by atoms with E-state index >= 15 is 0 Å². The van der Waals surface area contributed by atoms with E-state index in [1.807, 2.05) is 0 Å². The number of anilines is 1. The molecule has 1 saturated heterocycles. The summed E-state index contributed by atoms with van der Waals surface area (Å²) in [6.45, 7) is 5.33. The minimum atomic E-state index is -0.834. The molecular weight excluding hydrogens is 617 g/mol. The number of nitrogens with one attached hydrogen (secondary N) is 2. The summed E-state index contributed by atoms with van der Waals surface area (Å²) in [5.74, 6) is -0.597. The minimum absolute atomic E-state index is 0.0905. The summed E-state index contributed by atoms with van der Waals surface area (Å²) in [5, 5.41) is 6.38. The number of halogens is 1. The van der Waals surface area contributed by atoms with Crippen LogP contribution in [0.5, 0.6) is 11.5 Å². The van der Waals surface area contributed by atoms with E-state index in [0.29, 0.717) is 28.1 Å². The van der Waals surface area contributed by atoms with Crippen molar-refractivity contribution in [3.8, 4) is 17.2 Å². The Morgan fingerprint density at radius 1 is 0.958 bits per heavy atom. The normalized spacial score (nSPS) is 13.9. The zero-order valence-electron chi connectivity index (χ0n) is 26.6. The van der Waals surface area contributed by atoms with E-state index in [9.17, 15) is 23.6 Å². The van der Waals surface area contributed by atoms with E-state index in [-0.39, 0.29) is 34.9 Å². The predicted octanol–water partition coefficient (Wildman–Crippen LogP) is 4.53. The maximum atomic E-state index is 13.5. The van der Waals surface area contributed by atoms with Crippen LogP contribution in [0.4, 0.5) is 10.1 Å². The van der Waals surface area contributed by atoms with Gasteiger partial charge in [-0.05, 0) is 107 Å². The van der Waals surface area contributed by atoms with Crippen molar-refractivity contribution in [1.29, 1.82) is 0 Å². The third-order valence-electron chi connectivity index (χ3n) is 8.21. The summed E-state index contributed by atoms with van der Waals surface area (Å²) < 4.78 is 21.8. The molecule has 0 radical (unpaired) electrons. The molecule has 0 saturated carbocycles. The molecule has 1 aliphatic heterocycles. The van der Waals surface area contributed by atoms with Gasteiger partial charge in [0.15, 0.2) is 0 Å². The number of fused-ring (bicyclic) bond motifs is 1. The topological polar surface area (TPSA) is 140 Å². The van der Waals surface area contributed by atoms with Gasteiger partial charge in [0.25, 0.3) is 17.4 Å². The zero-order chi connectivity index (χ0) is 33.9. The van der Waals surface area contributed by atoms with Crippen LogP contribution in [0, 0.1) is 5.82 Å². The van der Waals surface area contributed by atoms with Crippen LogP contribution in [0.15, 0.2) is 88.8 Å². The molecule has 0 aliphatic carbocycles. The highest BCUT2D eigenvalue weighted by atomic mass is 19.1. The van der Waals surface area contributed by atoms with E-state index in [4.69, 9.17) is 4.74 Å². The Morgan fingerprint density at radius 3 is 2.35 bits per heavy atom. The number of hydrogen-bond acceptors (Lipinski definition) is 8. The van der Waals surface area contributed by atoms with Gasteiger partial charge in [-0.15, -0.1) is 0 Å². The average Bonchev–Trinajstić information content (AvgIpc) is 3.07. The highest BCUT2D eigenvalue weighted by Crippen LogP contribution is 2.30. The molecule has 2 N–H and O–H groups in total. The van der Waals surface area contributed by atoms with Crippen molar-refractivity contribution in [2.24, 2.45) is 0 Å². The van der Waals surface area contributed by atoms with Gasteiger partial charge >= 0.3 is 5.69 Å². The van der Waals surface area contributed by atoms with E-state index < -0.39 is 23.0 Å². The summed E-state index contributed by atoms with van der Waals surface area (Å²) in [6, 6.07) is 14.4. The van der Waals surface area contributed by atoms with Crippen LogP contribution in [-0.4, -0.2) is 62.0 Å². The summed E-state index contributed by atoms with van der Waals surface area (Å²) >= 11 is 0. The zero-order valence-corrected chi connectivity index (χ0v) is 26.6. The van der Waals surface area contributed by atoms with Crippen LogP contribution in [-0.2, 0) is 0 Å². The van der Waals surface area contributed by atoms with Crippen molar-refractivity contribution in [3.63, 3.8) is 0 Å². The second kappa shape index (κ2) is 13.6. The SMILES string of the molecule is CC(C)n1cc(C(=O)Nc2ccc(Oc3ccnc4cnc(C(=O)NC5CCN(C)CC5)cc34)cc2)c(=O)n(-c2ccc(F)cc2)c1=O. The van der Waals surface area contributed by atoms with Crippen molar-refractivity contribution in [2.75, 3.05) is 25.5 Å². The number of hydrogen-bond donors (Lipinski definition) is 2. The molecule has 0 spiro atoms. The highest BCUT2D eigenvalue weighted by molar-refractivity contribution is 6.04. The number of benzene rings is 2. The van der Waals surface area contributed by atoms with E-state index in [1.165, 1.54) is 29.1 Å². The lowest BCUT2D eigenvalue weighted by Crippen LogP contribution is -2.43. The van der Waals surface area contributed by atoms with Crippen LogP contribution in [0.1, 0.15) is 53.6 Å². The molecule has 0 atom stereocenters. The predicted molar refractivity (Wildman–Crippen MR) is 179 cm³/mol. The molecule has 0 unspecified atom stereocenters. The molecule has 6 rings (SSSR count). The molecule has 4 heterocycles. The summed E-state index contributed by atoms with van der Waals surface area (Å²) in [7, 11) is 2.06. The number of nitrogens with zero attached hydrogens (tertiary/aromatic N) is 5. The molecule has 5 aromatic rings. The maximum absolute atomic E-state index is 13.5. The second-order valence-electron chi connectivity index (χ2n) is 12.0. The van der Waals surface area contributed by atoms with Crippen molar-refractivity contribution in [1.82, 2.24) is 29.3 Å². The quantitative estimate of drug-likeness (QED) is 0.250. The van der Waals surface area contributed by atoms with Gasteiger partial charge in [-0.2, -0.15) is 0 Å². The van der Waals surface area contributed by atoms with Crippen LogP contribution < -0.4 is 26.6 Å². The fourth-order valence-electron chi connectivity index (χ4n) is 5.50. The van der Waals surface area contributed by atoms with Crippen LogP contribution in [0.25, 0.3) is 16.6 Å². The van der Waals surface area contributed by atoms with Crippen molar-refractivity contribution >= 4 is 28.4 Å². The Hall–Kier alpha value is -5.69. The molecular formula is C35H34FN7O5. The molecule has 1 fully saturated rings. The first-order chi connectivity index (χ1) is 23.1. The summed E-state index contributed by atoms with van der Waals surface area (Å²) in [5.41, 5.74) is -0.412. The van der Waals surface area contributed by atoms with Gasteiger partial charge in [0.05, 0.1) is 17.4 Å². The Balaban J connectivity index is 1.20. The van der Waals surface area contributed by atoms with Gasteiger partial charge in [-0.3, -0.25) is 23.9 Å². The average molecular weight is 652 g/mol. The Kier molecular flexibility index (Phi) is 9.13. The van der Waals surface area contributed by atoms with E-state index in [1.54, 1.807) is 56.4 Å². The van der Waals surface area contributed by atoms with E-state index in [2.05, 4.69) is 32.5 Å². The molecule has 246 valence electrons. The Morgan fingerprint density at radius 2 is 1.67 bits per heavy atom. The first-order valence-electron chi connectivity index (χ1n) is 15.5. The molecule has 12 nitrogen and oxygen atoms in total. The highest BCUT2D eigenvalue weighted by Gasteiger charge is 2.22. The molecule has 0 bridgehead atoms. The maximum Gasteiger partial charge on any atom is 0.335 e. The number of carbonyl (C=O) groups is 2. The van der Waals surface area contributed by atoms with Crippen molar-refractivity contribution in [2.45, 2.75) is 38.8 Å². The third kappa shape index (κ3) is 6.86. The first-order valence-corrected chi connectivity index (χ1v) is 15.5. The third-order valence-corrected chi connectivity index (χ3v) is 8.21. The number of rotatable bonds is 8. The molecule has 2 aromatic carbocycles. The number of pyridine rings is 2. The molecule has 1 aliphatic rings. The van der Waals surface area contributed by atoms with Crippen LogP contribution in [0.2, 0.25) is 0 Å². The number of aromatic nitrogens is 4. The van der Waals surface area contributed by atoms with Gasteiger partial charge in [0.2, 0.25) is 0 Å². The fraction of sp³-hybridized carbons (Fsp3) is 0.257. The summed E-state index contributed by atoms with van der Waals surface area (Å²) in [6.07, 6.45) is 6.10. The number of likely N-dealkylation sites (tertiary alicyclic amines) is 1. The van der Waals surface area contributed by atoms with Gasteiger partial charge in [-0.25, -0.2) is 18.7 Å². The molecule has 13 heteroatoms. The molecule has 48 heavy (non-hydrogen) atoms. The minimum Gasteiger partial charge on any atom is -0.457 e.